The van der Waals surface area contributed by atoms with Crippen LogP contribution in [0.1, 0.15) is 19.4 Å². The lowest BCUT2D eigenvalue weighted by atomic mass is 9.81. The van der Waals surface area contributed by atoms with Crippen LogP contribution in [0.5, 0.6) is 11.5 Å². The molecular formula is C15H20O3. The molecule has 0 saturated carbocycles. The molecule has 0 heterocycles. The Morgan fingerprint density at radius 2 is 1.89 bits per heavy atom. The van der Waals surface area contributed by atoms with Crippen LogP contribution in [0.25, 0.3) is 0 Å². The molecule has 3 nitrogen and oxygen atoms in total. The van der Waals surface area contributed by atoms with E-state index in [9.17, 15) is 4.79 Å². The zero-order valence-electron chi connectivity index (χ0n) is 11.4. The number of methoxy groups -OCH3 is 2. The number of rotatable bonds is 6. The quantitative estimate of drug-likeness (QED) is 0.726. The van der Waals surface area contributed by atoms with Crippen LogP contribution in [0.2, 0.25) is 0 Å². The topological polar surface area (TPSA) is 35.5 Å². The molecule has 0 atom stereocenters. The molecule has 0 amide bonds. The van der Waals surface area contributed by atoms with Crippen molar-refractivity contribution in [2.24, 2.45) is 5.41 Å². The number of allylic oxidation sites excluding steroid dienone is 1. The fourth-order valence-electron chi connectivity index (χ4n) is 1.86. The first kappa shape index (κ1) is 14.3. The first-order chi connectivity index (χ1) is 8.44. The van der Waals surface area contributed by atoms with Crippen molar-refractivity contribution >= 4 is 5.78 Å². The van der Waals surface area contributed by atoms with Gasteiger partial charge in [-0.15, -0.1) is 0 Å². The lowest BCUT2D eigenvalue weighted by Crippen LogP contribution is -2.24. The van der Waals surface area contributed by atoms with E-state index in [1.54, 1.807) is 14.2 Å². The van der Waals surface area contributed by atoms with Crippen molar-refractivity contribution in [3.05, 3.63) is 36.4 Å². The fourth-order valence-corrected chi connectivity index (χ4v) is 1.86. The van der Waals surface area contributed by atoms with Crippen molar-refractivity contribution in [1.82, 2.24) is 0 Å². The van der Waals surface area contributed by atoms with Gasteiger partial charge in [0.2, 0.25) is 0 Å². The molecule has 18 heavy (non-hydrogen) atoms. The Hall–Kier alpha value is -1.77. The zero-order chi connectivity index (χ0) is 13.8. The molecule has 0 N–H and O–H groups in total. The van der Waals surface area contributed by atoms with Gasteiger partial charge < -0.3 is 9.47 Å². The van der Waals surface area contributed by atoms with Crippen molar-refractivity contribution in [2.45, 2.75) is 20.3 Å². The average molecular weight is 248 g/mol. The SMILES string of the molecule is C=CC(=O)C(C)(C)Cc1ccc(OC)c(OC)c1. The van der Waals surface area contributed by atoms with Gasteiger partial charge in [0, 0.05) is 5.41 Å². The number of hydrogen-bond donors (Lipinski definition) is 0. The van der Waals surface area contributed by atoms with E-state index in [0.29, 0.717) is 17.9 Å². The first-order valence-electron chi connectivity index (χ1n) is 5.82. The number of carbonyl (C=O) groups excluding carboxylic acids is 1. The normalized spacial score (nSPS) is 10.9. The van der Waals surface area contributed by atoms with Crippen LogP contribution >= 0.6 is 0 Å². The monoisotopic (exact) mass is 248 g/mol. The number of ketones is 1. The Morgan fingerprint density at radius 3 is 2.39 bits per heavy atom. The van der Waals surface area contributed by atoms with Gasteiger partial charge in [-0.25, -0.2) is 0 Å². The highest BCUT2D eigenvalue weighted by atomic mass is 16.5. The van der Waals surface area contributed by atoms with Gasteiger partial charge in [-0.3, -0.25) is 4.79 Å². The van der Waals surface area contributed by atoms with Crippen LogP contribution in [0.4, 0.5) is 0 Å². The molecule has 0 aliphatic heterocycles. The van der Waals surface area contributed by atoms with E-state index < -0.39 is 5.41 Å². The zero-order valence-corrected chi connectivity index (χ0v) is 11.4. The summed E-state index contributed by atoms with van der Waals surface area (Å²) in [6.45, 7) is 7.36. The highest BCUT2D eigenvalue weighted by molar-refractivity contribution is 5.93. The summed E-state index contributed by atoms with van der Waals surface area (Å²) in [5, 5.41) is 0. The Balaban J connectivity index is 2.98. The Morgan fingerprint density at radius 1 is 1.28 bits per heavy atom. The lowest BCUT2D eigenvalue weighted by Gasteiger charge is -2.21. The van der Waals surface area contributed by atoms with Gasteiger partial charge in [-0.05, 0) is 30.2 Å². The summed E-state index contributed by atoms with van der Waals surface area (Å²) in [5.41, 5.74) is 0.578. The lowest BCUT2D eigenvalue weighted by molar-refractivity contribution is -0.122. The first-order valence-corrected chi connectivity index (χ1v) is 5.82. The van der Waals surface area contributed by atoms with Crippen molar-refractivity contribution in [3.8, 4) is 11.5 Å². The van der Waals surface area contributed by atoms with Crippen molar-refractivity contribution in [1.29, 1.82) is 0 Å². The van der Waals surface area contributed by atoms with Crippen LogP contribution in [-0.4, -0.2) is 20.0 Å². The largest absolute Gasteiger partial charge is 0.493 e. The maximum Gasteiger partial charge on any atom is 0.161 e. The van der Waals surface area contributed by atoms with E-state index in [0.717, 1.165) is 5.56 Å². The van der Waals surface area contributed by atoms with Gasteiger partial charge in [0.15, 0.2) is 17.3 Å². The summed E-state index contributed by atoms with van der Waals surface area (Å²) >= 11 is 0. The van der Waals surface area contributed by atoms with E-state index in [-0.39, 0.29) is 5.78 Å². The second-order valence-corrected chi connectivity index (χ2v) is 4.82. The second-order valence-electron chi connectivity index (χ2n) is 4.82. The van der Waals surface area contributed by atoms with Gasteiger partial charge in [0.05, 0.1) is 14.2 Å². The third-order valence-corrected chi connectivity index (χ3v) is 2.95. The molecular weight excluding hydrogens is 228 g/mol. The van der Waals surface area contributed by atoms with Gasteiger partial charge in [0.25, 0.3) is 0 Å². The maximum atomic E-state index is 11.7. The predicted octanol–water partition coefficient (Wildman–Crippen LogP) is 3.03. The molecule has 0 unspecified atom stereocenters. The molecule has 98 valence electrons. The molecule has 0 spiro atoms. The van der Waals surface area contributed by atoms with E-state index in [1.807, 2.05) is 32.0 Å². The van der Waals surface area contributed by atoms with Crippen LogP contribution < -0.4 is 9.47 Å². The van der Waals surface area contributed by atoms with Gasteiger partial charge >= 0.3 is 0 Å². The highest BCUT2D eigenvalue weighted by Crippen LogP contribution is 2.31. The van der Waals surface area contributed by atoms with Crippen molar-refractivity contribution in [3.63, 3.8) is 0 Å². The standard InChI is InChI=1S/C15H20O3/c1-6-14(16)15(2,3)10-11-7-8-12(17-4)13(9-11)18-5/h6-9H,1,10H2,2-5H3. The minimum Gasteiger partial charge on any atom is -0.493 e. The summed E-state index contributed by atoms with van der Waals surface area (Å²) in [4.78, 5) is 11.7. The van der Waals surface area contributed by atoms with Gasteiger partial charge in [0.1, 0.15) is 0 Å². The maximum absolute atomic E-state index is 11.7. The van der Waals surface area contributed by atoms with E-state index in [1.165, 1.54) is 6.08 Å². The molecule has 1 rings (SSSR count). The minimum atomic E-state index is -0.457. The highest BCUT2D eigenvalue weighted by Gasteiger charge is 2.25. The number of benzene rings is 1. The molecule has 0 aromatic heterocycles. The molecule has 1 aromatic carbocycles. The van der Waals surface area contributed by atoms with E-state index >= 15 is 0 Å². The Kier molecular flexibility index (Phi) is 4.54. The molecule has 0 saturated heterocycles. The minimum absolute atomic E-state index is 0.0392. The van der Waals surface area contributed by atoms with Crippen LogP contribution in [0, 0.1) is 5.41 Å². The molecule has 1 aromatic rings. The van der Waals surface area contributed by atoms with Crippen molar-refractivity contribution in [2.75, 3.05) is 14.2 Å². The molecule has 0 aliphatic carbocycles. The summed E-state index contributed by atoms with van der Waals surface area (Å²) in [6.07, 6.45) is 2.01. The van der Waals surface area contributed by atoms with Crippen LogP contribution in [0.3, 0.4) is 0 Å². The third-order valence-electron chi connectivity index (χ3n) is 2.95. The van der Waals surface area contributed by atoms with Gasteiger partial charge in [-0.2, -0.15) is 0 Å². The number of hydrogen-bond acceptors (Lipinski definition) is 3. The third kappa shape index (κ3) is 3.13. The van der Waals surface area contributed by atoms with Crippen LogP contribution in [0.15, 0.2) is 30.9 Å². The predicted molar refractivity (Wildman–Crippen MR) is 72.2 cm³/mol. The summed E-state index contributed by atoms with van der Waals surface area (Å²) in [6, 6.07) is 5.69. The number of carbonyl (C=O) groups is 1. The molecule has 0 bridgehead atoms. The Bertz CT molecular complexity index is 447. The number of ether oxygens (including phenoxy) is 2. The molecule has 0 aliphatic rings. The van der Waals surface area contributed by atoms with Crippen LogP contribution in [-0.2, 0) is 11.2 Å². The second kappa shape index (κ2) is 5.71. The summed E-state index contributed by atoms with van der Waals surface area (Å²) < 4.78 is 10.4. The molecule has 0 fully saturated rings. The smallest absolute Gasteiger partial charge is 0.161 e. The molecule has 3 heteroatoms. The fraction of sp³-hybridized carbons (Fsp3) is 0.400. The Labute approximate surface area is 108 Å². The summed E-state index contributed by atoms with van der Waals surface area (Å²) in [5.74, 6) is 1.41. The average Bonchev–Trinajstić information content (AvgIpc) is 2.36. The van der Waals surface area contributed by atoms with E-state index in [4.69, 9.17) is 9.47 Å². The van der Waals surface area contributed by atoms with Crippen molar-refractivity contribution < 1.29 is 14.3 Å². The van der Waals surface area contributed by atoms with E-state index in [2.05, 4.69) is 6.58 Å². The summed E-state index contributed by atoms with van der Waals surface area (Å²) in [7, 11) is 3.20. The van der Waals surface area contributed by atoms with Gasteiger partial charge in [-0.1, -0.05) is 26.5 Å². The molecule has 0 radical (unpaired) electrons.